The van der Waals surface area contributed by atoms with Gasteiger partial charge in [0.2, 0.25) is 5.88 Å². The van der Waals surface area contributed by atoms with E-state index in [1.807, 2.05) is 54.6 Å². The summed E-state index contributed by atoms with van der Waals surface area (Å²) in [5.74, 6) is 7.54. The van der Waals surface area contributed by atoms with Crippen LogP contribution in [0.2, 0.25) is 0 Å². The van der Waals surface area contributed by atoms with Crippen LogP contribution in [0, 0.1) is 17.8 Å². The SMILES string of the molecule is CN1CCC(CCOc2nc3ccccc3nc2C#Cc2ccccc2)C1. The second kappa shape index (κ2) is 8.20. The highest BCUT2D eigenvalue weighted by molar-refractivity contribution is 5.75. The van der Waals surface area contributed by atoms with Gasteiger partial charge < -0.3 is 9.64 Å². The number of rotatable bonds is 4. The summed E-state index contributed by atoms with van der Waals surface area (Å²) in [4.78, 5) is 11.7. The first-order valence-electron chi connectivity index (χ1n) is 9.43. The Hall–Kier alpha value is -2.90. The summed E-state index contributed by atoms with van der Waals surface area (Å²) in [5.41, 5.74) is 3.21. The standard InChI is InChI=1S/C23H23N3O/c1-26-15-13-19(17-26)14-16-27-23-22(12-11-18-7-3-2-4-8-18)24-20-9-5-6-10-21(20)25-23/h2-10,19H,13-17H2,1H3. The Morgan fingerprint density at radius 3 is 2.48 bits per heavy atom. The number of hydrogen-bond donors (Lipinski definition) is 0. The van der Waals surface area contributed by atoms with E-state index in [0.717, 1.165) is 29.6 Å². The highest BCUT2D eigenvalue weighted by atomic mass is 16.5. The van der Waals surface area contributed by atoms with E-state index in [1.165, 1.54) is 13.0 Å². The molecule has 1 saturated heterocycles. The van der Waals surface area contributed by atoms with Crippen molar-refractivity contribution < 1.29 is 4.74 Å². The van der Waals surface area contributed by atoms with Gasteiger partial charge in [-0.1, -0.05) is 36.3 Å². The molecule has 0 saturated carbocycles. The van der Waals surface area contributed by atoms with Crippen molar-refractivity contribution in [3.8, 4) is 17.7 Å². The molecule has 0 spiro atoms. The van der Waals surface area contributed by atoms with Crippen LogP contribution in [0.25, 0.3) is 11.0 Å². The van der Waals surface area contributed by atoms with Gasteiger partial charge in [0.05, 0.1) is 17.6 Å². The number of likely N-dealkylation sites (tertiary alicyclic amines) is 1. The van der Waals surface area contributed by atoms with E-state index in [-0.39, 0.29) is 0 Å². The average Bonchev–Trinajstić information content (AvgIpc) is 3.12. The first-order valence-corrected chi connectivity index (χ1v) is 9.43. The molecule has 1 aliphatic heterocycles. The zero-order chi connectivity index (χ0) is 18.5. The van der Waals surface area contributed by atoms with Gasteiger partial charge in [-0.25, -0.2) is 9.97 Å². The van der Waals surface area contributed by atoms with Crippen LogP contribution in [-0.4, -0.2) is 41.6 Å². The van der Waals surface area contributed by atoms with E-state index < -0.39 is 0 Å². The molecular formula is C23H23N3O. The van der Waals surface area contributed by atoms with Crippen molar-refractivity contribution in [1.82, 2.24) is 14.9 Å². The van der Waals surface area contributed by atoms with Crippen LogP contribution in [0.15, 0.2) is 54.6 Å². The quantitative estimate of drug-likeness (QED) is 0.667. The maximum Gasteiger partial charge on any atom is 0.249 e. The molecule has 2 aromatic carbocycles. The number of nitrogens with zero attached hydrogens (tertiary/aromatic N) is 3. The van der Waals surface area contributed by atoms with E-state index >= 15 is 0 Å². The third-order valence-corrected chi connectivity index (χ3v) is 4.89. The smallest absolute Gasteiger partial charge is 0.249 e. The number of ether oxygens (including phenoxy) is 1. The van der Waals surface area contributed by atoms with Gasteiger partial charge in [-0.05, 0) is 62.5 Å². The van der Waals surface area contributed by atoms with Crippen molar-refractivity contribution >= 4 is 11.0 Å². The fourth-order valence-corrected chi connectivity index (χ4v) is 3.40. The molecule has 1 aromatic heterocycles. The minimum atomic E-state index is 0.531. The minimum Gasteiger partial charge on any atom is -0.476 e. The van der Waals surface area contributed by atoms with Crippen LogP contribution in [0.5, 0.6) is 5.88 Å². The lowest BCUT2D eigenvalue weighted by Crippen LogP contribution is -2.15. The van der Waals surface area contributed by atoms with E-state index in [1.54, 1.807) is 0 Å². The predicted molar refractivity (Wildman–Crippen MR) is 108 cm³/mol. The molecule has 1 unspecified atom stereocenters. The second-order valence-corrected chi connectivity index (χ2v) is 7.04. The Morgan fingerprint density at radius 2 is 1.74 bits per heavy atom. The largest absolute Gasteiger partial charge is 0.476 e. The summed E-state index contributed by atoms with van der Waals surface area (Å²) in [6, 6.07) is 17.7. The van der Waals surface area contributed by atoms with Crippen LogP contribution in [-0.2, 0) is 0 Å². The molecule has 4 nitrogen and oxygen atoms in total. The number of fused-ring (bicyclic) bond motifs is 1. The minimum absolute atomic E-state index is 0.531. The topological polar surface area (TPSA) is 38.2 Å². The molecule has 136 valence electrons. The van der Waals surface area contributed by atoms with E-state index in [9.17, 15) is 0 Å². The predicted octanol–water partition coefficient (Wildman–Crippen LogP) is 3.75. The number of para-hydroxylation sites is 2. The van der Waals surface area contributed by atoms with Crippen molar-refractivity contribution in [3.05, 3.63) is 65.9 Å². The van der Waals surface area contributed by atoms with E-state index in [0.29, 0.717) is 24.1 Å². The fourth-order valence-electron chi connectivity index (χ4n) is 3.40. The van der Waals surface area contributed by atoms with Crippen molar-refractivity contribution in [2.75, 3.05) is 26.7 Å². The molecule has 1 aliphatic rings. The molecule has 0 aliphatic carbocycles. The van der Waals surface area contributed by atoms with E-state index in [4.69, 9.17) is 4.74 Å². The monoisotopic (exact) mass is 357 g/mol. The van der Waals surface area contributed by atoms with Crippen molar-refractivity contribution in [2.45, 2.75) is 12.8 Å². The summed E-state index contributed by atoms with van der Waals surface area (Å²) in [7, 11) is 2.17. The van der Waals surface area contributed by atoms with Crippen LogP contribution in [0.1, 0.15) is 24.1 Å². The Morgan fingerprint density at radius 1 is 1.00 bits per heavy atom. The number of aromatic nitrogens is 2. The third-order valence-electron chi connectivity index (χ3n) is 4.89. The second-order valence-electron chi connectivity index (χ2n) is 7.04. The summed E-state index contributed by atoms with van der Waals surface area (Å²) in [5, 5.41) is 0. The molecule has 4 heteroatoms. The molecule has 0 amide bonds. The Kier molecular flexibility index (Phi) is 5.32. The summed E-state index contributed by atoms with van der Waals surface area (Å²) in [6.07, 6.45) is 2.27. The summed E-state index contributed by atoms with van der Waals surface area (Å²) in [6.45, 7) is 2.97. The lowest BCUT2D eigenvalue weighted by molar-refractivity contribution is 0.267. The molecule has 0 N–H and O–H groups in total. The average molecular weight is 357 g/mol. The lowest BCUT2D eigenvalue weighted by Gasteiger charge is -2.12. The Labute approximate surface area is 160 Å². The summed E-state index contributed by atoms with van der Waals surface area (Å²) >= 11 is 0. The first-order chi connectivity index (χ1) is 13.3. The van der Waals surface area contributed by atoms with Gasteiger partial charge in [-0.2, -0.15) is 0 Å². The lowest BCUT2D eigenvalue weighted by atomic mass is 10.1. The van der Waals surface area contributed by atoms with Crippen molar-refractivity contribution in [3.63, 3.8) is 0 Å². The molecule has 3 aromatic rings. The molecule has 4 rings (SSSR count). The van der Waals surface area contributed by atoms with Gasteiger partial charge in [0.25, 0.3) is 0 Å². The number of benzene rings is 2. The van der Waals surface area contributed by atoms with Crippen molar-refractivity contribution in [2.24, 2.45) is 5.92 Å². The van der Waals surface area contributed by atoms with Crippen LogP contribution in [0.4, 0.5) is 0 Å². The molecule has 0 radical (unpaired) electrons. The van der Waals surface area contributed by atoms with Crippen molar-refractivity contribution in [1.29, 1.82) is 0 Å². The molecule has 1 fully saturated rings. The van der Waals surface area contributed by atoms with Crippen LogP contribution in [0.3, 0.4) is 0 Å². The Bertz CT molecular complexity index is 975. The fraction of sp³-hybridized carbons (Fsp3) is 0.304. The molecular weight excluding hydrogens is 334 g/mol. The van der Waals surface area contributed by atoms with Gasteiger partial charge in [-0.15, -0.1) is 0 Å². The molecule has 0 bridgehead atoms. The summed E-state index contributed by atoms with van der Waals surface area (Å²) < 4.78 is 6.04. The first kappa shape index (κ1) is 17.5. The van der Waals surface area contributed by atoms with Gasteiger partial charge in [0, 0.05) is 12.1 Å². The molecule has 2 heterocycles. The van der Waals surface area contributed by atoms with Crippen LogP contribution < -0.4 is 4.74 Å². The van der Waals surface area contributed by atoms with Gasteiger partial charge in [-0.3, -0.25) is 0 Å². The van der Waals surface area contributed by atoms with Crippen LogP contribution >= 0.6 is 0 Å². The maximum atomic E-state index is 6.04. The van der Waals surface area contributed by atoms with Gasteiger partial charge in [0.15, 0.2) is 5.69 Å². The molecule has 27 heavy (non-hydrogen) atoms. The highest BCUT2D eigenvalue weighted by Crippen LogP contribution is 2.21. The zero-order valence-corrected chi connectivity index (χ0v) is 15.6. The highest BCUT2D eigenvalue weighted by Gasteiger charge is 2.19. The zero-order valence-electron chi connectivity index (χ0n) is 15.6. The normalized spacial score (nSPS) is 16.9. The molecule has 1 atom stereocenters. The Balaban J connectivity index is 1.56. The van der Waals surface area contributed by atoms with E-state index in [2.05, 4.69) is 33.8 Å². The number of hydrogen-bond acceptors (Lipinski definition) is 4. The van der Waals surface area contributed by atoms with Gasteiger partial charge >= 0.3 is 0 Å². The van der Waals surface area contributed by atoms with Gasteiger partial charge in [0.1, 0.15) is 0 Å². The third kappa shape index (κ3) is 4.45. The maximum absolute atomic E-state index is 6.04.